The van der Waals surface area contributed by atoms with Crippen LogP contribution in [-0.2, 0) is 21.1 Å². The Hall–Kier alpha value is -1.78. The first-order chi connectivity index (χ1) is 9.45. The molecule has 0 saturated heterocycles. The zero-order chi connectivity index (χ0) is 12.9. The zero-order valence-electron chi connectivity index (χ0n) is 10.9. The van der Waals surface area contributed by atoms with Crippen molar-refractivity contribution < 1.29 is 21.1 Å². The second-order valence-electron chi connectivity index (χ2n) is 4.29. The number of allylic oxidation sites excluding steroid dienone is 5. The molecule has 0 unspecified atom stereocenters. The van der Waals surface area contributed by atoms with Crippen LogP contribution in [0.25, 0.3) is 5.57 Å². The molecule has 0 N–H and O–H groups in total. The fourth-order valence-electron chi connectivity index (χ4n) is 2.16. The van der Waals surface area contributed by atoms with Gasteiger partial charge >= 0.3 is 21.1 Å². The Morgan fingerprint density at radius 3 is 2.40 bits per heavy atom. The maximum Gasteiger partial charge on any atom is 2.00 e. The van der Waals surface area contributed by atoms with Gasteiger partial charge in [0.2, 0.25) is 0 Å². The fraction of sp³-hybridized carbons (Fsp3) is 0. The molecule has 0 aliphatic heterocycles. The molecule has 0 fully saturated rings. The van der Waals surface area contributed by atoms with Crippen molar-refractivity contribution in [2.75, 3.05) is 0 Å². The topological polar surface area (TPSA) is 0 Å². The van der Waals surface area contributed by atoms with Crippen molar-refractivity contribution in [3.63, 3.8) is 0 Å². The first kappa shape index (κ1) is 14.6. The molecule has 3 rings (SSSR count). The maximum atomic E-state index is 3.31. The third kappa shape index (κ3) is 3.21. The Bertz CT molecular complexity index is 592. The molecule has 0 heterocycles. The van der Waals surface area contributed by atoms with Crippen LogP contribution in [-0.4, -0.2) is 0 Å². The molecule has 0 amide bonds. The molecule has 1 aliphatic carbocycles. The summed E-state index contributed by atoms with van der Waals surface area (Å²) in [6, 6.07) is 21.8. The van der Waals surface area contributed by atoms with Crippen molar-refractivity contribution in [2.45, 2.75) is 0 Å². The SMILES string of the molecule is [C-]1=CC=C[CH+]/C1=C(/c1[c-]cccc1)c1ccccc1.[W+2]. The van der Waals surface area contributed by atoms with Gasteiger partial charge in [-0.2, -0.15) is 0 Å². The second kappa shape index (κ2) is 7.12. The minimum atomic E-state index is 0. The standard InChI is InChI=1S/C19H13.W/c1-4-10-16(11-5-1)19(17-12-6-2-7-13-17)18-14-8-3-9-15-18;/h1-12,14H;/q-1;+2/b19-17-;. The van der Waals surface area contributed by atoms with E-state index in [1.54, 1.807) is 0 Å². The molecule has 0 bridgehead atoms. The monoisotopic (exact) mass is 425 g/mol. The van der Waals surface area contributed by atoms with Gasteiger partial charge in [0.05, 0.1) is 0 Å². The maximum absolute atomic E-state index is 3.31. The van der Waals surface area contributed by atoms with Crippen LogP contribution in [0.4, 0.5) is 0 Å². The van der Waals surface area contributed by atoms with Gasteiger partial charge in [-0.05, 0) is 6.08 Å². The quantitative estimate of drug-likeness (QED) is 0.626. The van der Waals surface area contributed by atoms with Gasteiger partial charge in [-0.1, -0.05) is 71.7 Å². The molecule has 1 heteroatoms. The van der Waals surface area contributed by atoms with Crippen LogP contribution in [0.1, 0.15) is 11.1 Å². The molecule has 94 valence electrons. The van der Waals surface area contributed by atoms with Gasteiger partial charge in [0.15, 0.2) is 0 Å². The van der Waals surface area contributed by atoms with Gasteiger partial charge < -0.3 is 0 Å². The molecule has 2 aromatic carbocycles. The number of rotatable bonds is 2. The molecule has 0 aromatic heterocycles. The Balaban J connectivity index is 0.00000147. The van der Waals surface area contributed by atoms with Crippen LogP contribution in [0.2, 0.25) is 0 Å². The summed E-state index contributed by atoms with van der Waals surface area (Å²) in [4.78, 5) is 0. The average Bonchev–Trinajstić information content (AvgIpc) is 2.51. The minimum absolute atomic E-state index is 0. The molecule has 0 saturated carbocycles. The molecule has 0 nitrogen and oxygen atoms in total. The van der Waals surface area contributed by atoms with Crippen molar-refractivity contribution in [1.82, 2.24) is 0 Å². The first-order valence-corrected chi connectivity index (χ1v) is 6.32. The summed E-state index contributed by atoms with van der Waals surface area (Å²) < 4.78 is 0. The minimum Gasteiger partial charge on any atom is -0.147 e. The smallest absolute Gasteiger partial charge is 0.147 e. The van der Waals surface area contributed by atoms with Crippen LogP contribution in [0.5, 0.6) is 0 Å². The van der Waals surface area contributed by atoms with E-state index in [0.29, 0.717) is 0 Å². The van der Waals surface area contributed by atoms with E-state index in [9.17, 15) is 0 Å². The van der Waals surface area contributed by atoms with Gasteiger partial charge in [0.1, 0.15) is 0 Å². The van der Waals surface area contributed by atoms with Crippen LogP contribution < -0.4 is 0 Å². The van der Waals surface area contributed by atoms with Gasteiger partial charge in [-0.3, -0.25) is 0 Å². The normalized spacial score (nSPS) is 15.2. The second-order valence-corrected chi connectivity index (χ2v) is 4.29. The molecule has 1 aliphatic rings. The van der Waals surface area contributed by atoms with E-state index in [0.717, 1.165) is 11.1 Å². The van der Waals surface area contributed by atoms with Gasteiger partial charge in [-0.15, -0.1) is 35.9 Å². The molecule has 0 spiro atoms. The van der Waals surface area contributed by atoms with E-state index in [4.69, 9.17) is 0 Å². The van der Waals surface area contributed by atoms with Crippen LogP contribution >= 0.6 is 0 Å². The summed E-state index contributed by atoms with van der Waals surface area (Å²) in [5, 5.41) is 0. The third-order valence-electron chi connectivity index (χ3n) is 3.02. The molecule has 20 heavy (non-hydrogen) atoms. The number of benzene rings is 2. The Labute approximate surface area is 134 Å². The zero-order valence-corrected chi connectivity index (χ0v) is 13.8. The largest absolute Gasteiger partial charge is 2.00 e. The van der Waals surface area contributed by atoms with Crippen LogP contribution in [0.3, 0.4) is 0 Å². The molecular formula is C19H13W+. The van der Waals surface area contributed by atoms with Crippen molar-refractivity contribution >= 4 is 5.57 Å². The van der Waals surface area contributed by atoms with E-state index >= 15 is 0 Å². The predicted octanol–water partition coefficient (Wildman–Crippen LogP) is 4.42. The van der Waals surface area contributed by atoms with Gasteiger partial charge in [0, 0.05) is 0 Å². The molecular weight excluding hydrogens is 412 g/mol. The van der Waals surface area contributed by atoms with Crippen LogP contribution in [0.15, 0.2) is 78.4 Å². The molecule has 2 aromatic rings. The van der Waals surface area contributed by atoms with E-state index in [1.807, 2.05) is 42.5 Å². The fourth-order valence-corrected chi connectivity index (χ4v) is 2.16. The Morgan fingerprint density at radius 1 is 0.950 bits per heavy atom. The summed E-state index contributed by atoms with van der Waals surface area (Å²) in [6.07, 6.45) is 11.4. The van der Waals surface area contributed by atoms with E-state index in [2.05, 4.69) is 48.9 Å². The summed E-state index contributed by atoms with van der Waals surface area (Å²) in [5.41, 5.74) is 4.54. The van der Waals surface area contributed by atoms with Crippen molar-refractivity contribution in [2.24, 2.45) is 0 Å². The third-order valence-corrected chi connectivity index (χ3v) is 3.02. The van der Waals surface area contributed by atoms with Crippen molar-refractivity contribution in [1.29, 1.82) is 0 Å². The van der Waals surface area contributed by atoms with E-state index in [1.165, 1.54) is 11.1 Å². The summed E-state index contributed by atoms with van der Waals surface area (Å²) in [6.45, 7) is 0. The van der Waals surface area contributed by atoms with E-state index < -0.39 is 0 Å². The summed E-state index contributed by atoms with van der Waals surface area (Å²) in [7, 11) is 0. The van der Waals surface area contributed by atoms with Crippen LogP contribution in [0, 0.1) is 18.6 Å². The Kier molecular flexibility index (Phi) is 5.21. The summed E-state index contributed by atoms with van der Waals surface area (Å²) in [5.74, 6) is 0. The van der Waals surface area contributed by atoms with E-state index in [-0.39, 0.29) is 21.1 Å². The summed E-state index contributed by atoms with van der Waals surface area (Å²) >= 11 is 0. The molecule has 0 atom stereocenters. The molecule has 0 radical (unpaired) electrons. The Morgan fingerprint density at radius 2 is 1.75 bits per heavy atom. The van der Waals surface area contributed by atoms with Gasteiger partial charge in [-0.25, -0.2) is 0 Å². The number of hydrogen-bond acceptors (Lipinski definition) is 0. The van der Waals surface area contributed by atoms with Gasteiger partial charge in [0.25, 0.3) is 0 Å². The average molecular weight is 425 g/mol. The predicted molar refractivity (Wildman–Crippen MR) is 79.0 cm³/mol. The van der Waals surface area contributed by atoms with Crippen molar-refractivity contribution in [3.05, 3.63) is 108 Å². The van der Waals surface area contributed by atoms with Crippen molar-refractivity contribution in [3.8, 4) is 0 Å². The first-order valence-electron chi connectivity index (χ1n) is 6.32. The number of hydrogen-bond donors (Lipinski definition) is 0.